The number of fused-ring (bicyclic) bond motifs is 1. The highest BCUT2D eigenvalue weighted by Gasteiger charge is 2.51. The molecule has 1 saturated carbocycles. The summed E-state index contributed by atoms with van der Waals surface area (Å²) in [7, 11) is 1.64. The molecule has 0 N–H and O–H groups in total. The van der Waals surface area contributed by atoms with Crippen LogP contribution in [0.4, 0.5) is 10.5 Å². The van der Waals surface area contributed by atoms with Crippen LogP contribution in [0.25, 0.3) is 11.0 Å². The van der Waals surface area contributed by atoms with E-state index in [4.69, 9.17) is 14.2 Å². The Morgan fingerprint density at radius 3 is 2.59 bits per heavy atom. The number of rotatable bonds is 11. The molecule has 2 fully saturated rings. The zero-order valence-corrected chi connectivity index (χ0v) is 24.9. The molecule has 9 heteroatoms. The van der Waals surface area contributed by atoms with Crippen molar-refractivity contribution in [2.24, 2.45) is 5.41 Å². The molecular formula is C32H42N4O5. The number of unbranched alkanes of at least 4 members (excludes halogenated alkanes) is 2. The highest BCUT2D eigenvalue weighted by Crippen LogP contribution is 2.50. The topological polar surface area (TPSA) is 86.1 Å². The van der Waals surface area contributed by atoms with Gasteiger partial charge in [-0.15, -0.1) is 0 Å². The van der Waals surface area contributed by atoms with Gasteiger partial charge < -0.3 is 23.7 Å². The van der Waals surface area contributed by atoms with E-state index >= 15 is 0 Å². The molecule has 2 amide bonds. The number of hydrogen-bond donors (Lipinski definition) is 0. The van der Waals surface area contributed by atoms with Crippen LogP contribution in [0.2, 0.25) is 0 Å². The summed E-state index contributed by atoms with van der Waals surface area (Å²) in [6.07, 6.45) is 9.01. The quantitative estimate of drug-likeness (QED) is 0.205. The van der Waals surface area contributed by atoms with Crippen molar-refractivity contribution in [1.82, 2.24) is 14.5 Å². The number of benzene rings is 1. The number of esters is 1. The SMILES string of the molecule is CCCCCOc1cc(N2CC3(CC3)CN(Cc3ccnc4c3ccn4CC(=O)OC(C)(C)C)C2=O)ccc1OC. The van der Waals surface area contributed by atoms with Crippen molar-refractivity contribution in [2.75, 3.05) is 31.7 Å². The Labute approximate surface area is 242 Å². The highest BCUT2D eigenvalue weighted by atomic mass is 16.6. The Morgan fingerprint density at radius 2 is 1.88 bits per heavy atom. The number of ether oxygens (including phenoxy) is 3. The lowest BCUT2D eigenvalue weighted by molar-refractivity contribution is -0.155. The maximum Gasteiger partial charge on any atom is 0.326 e. The number of carbonyl (C=O) groups excluding carboxylic acids is 2. The third-order valence-electron chi connectivity index (χ3n) is 7.78. The number of anilines is 1. The van der Waals surface area contributed by atoms with Gasteiger partial charge >= 0.3 is 12.0 Å². The largest absolute Gasteiger partial charge is 0.493 e. The minimum Gasteiger partial charge on any atom is -0.493 e. The van der Waals surface area contributed by atoms with E-state index in [-0.39, 0.29) is 24.0 Å². The van der Waals surface area contributed by atoms with E-state index < -0.39 is 5.60 Å². The molecule has 2 aliphatic rings. The number of nitrogens with zero attached hydrogens (tertiary/aromatic N) is 4. The summed E-state index contributed by atoms with van der Waals surface area (Å²) in [5.74, 6) is 1.02. The lowest BCUT2D eigenvalue weighted by Crippen LogP contribution is -2.54. The first-order valence-electron chi connectivity index (χ1n) is 14.6. The lowest BCUT2D eigenvalue weighted by atomic mass is 10.0. The van der Waals surface area contributed by atoms with Crippen molar-refractivity contribution >= 4 is 28.7 Å². The van der Waals surface area contributed by atoms with Crippen LogP contribution in [0.3, 0.4) is 0 Å². The van der Waals surface area contributed by atoms with Gasteiger partial charge in [0.05, 0.1) is 13.7 Å². The van der Waals surface area contributed by atoms with E-state index in [9.17, 15) is 9.59 Å². The summed E-state index contributed by atoms with van der Waals surface area (Å²) in [5, 5.41) is 0.929. The first-order chi connectivity index (χ1) is 19.6. The van der Waals surface area contributed by atoms with E-state index in [1.54, 1.807) is 17.9 Å². The van der Waals surface area contributed by atoms with Gasteiger partial charge in [-0.25, -0.2) is 9.78 Å². The molecule has 3 aromatic rings. The Kier molecular flexibility index (Phi) is 8.16. The van der Waals surface area contributed by atoms with Crippen molar-refractivity contribution < 1.29 is 23.8 Å². The Balaban J connectivity index is 1.36. The maximum atomic E-state index is 13.9. The van der Waals surface area contributed by atoms with Crippen LogP contribution in [-0.2, 0) is 22.6 Å². The fourth-order valence-corrected chi connectivity index (χ4v) is 5.53. The van der Waals surface area contributed by atoms with Crippen LogP contribution in [0.5, 0.6) is 11.5 Å². The average Bonchev–Trinajstić information content (AvgIpc) is 3.55. The molecule has 9 nitrogen and oxygen atoms in total. The van der Waals surface area contributed by atoms with Crippen LogP contribution in [-0.4, -0.2) is 58.9 Å². The van der Waals surface area contributed by atoms with Crippen LogP contribution in [0, 0.1) is 5.41 Å². The molecular weight excluding hydrogens is 520 g/mol. The highest BCUT2D eigenvalue weighted by molar-refractivity contribution is 5.94. The molecule has 41 heavy (non-hydrogen) atoms. The van der Waals surface area contributed by atoms with Crippen molar-refractivity contribution in [1.29, 1.82) is 0 Å². The number of carbonyl (C=O) groups is 2. The Morgan fingerprint density at radius 1 is 1.07 bits per heavy atom. The second kappa shape index (κ2) is 11.6. The Hall–Kier alpha value is -3.75. The lowest BCUT2D eigenvalue weighted by Gasteiger charge is -2.41. The summed E-state index contributed by atoms with van der Waals surface area (Å²) in [5.41, 5.74) is 2.07. The molecule has 1 spiro atoms. The summed E-state index contributed by atoms with van der Waals surface area (Å²) < 4.78 is 18.9. The Bertz CT molecular complexity index is 1400. The van der Waals surface area contributed by atoms with Crippen LogP contribution in [0.1, 0.15) is 65.4 Å². The fourth-order valence-electron chi connectivity index (χ4n) is 5.53. The monoisotopic (exact) mass is 562 g/mol. The zero-order valence-electron chi connectivity index (χ0n) is 24.9. The van der Waals surface area contributed by atoms with Gasteiger partial charge in [-0.1, -0.05) is 19.8 Å². The summed E-state index contributed by atoms with van der Waals surface area (Å²) in [4.78, 5) is 34.8. The second-order valence-corrected chi connectivity index (χ2v) is 12.4. The first-order valence-corrected chi connectivity index (χ1v) is 14.6. The number of aromatic nitrogens is 2. The third kappa shape index (κ3) is 6.60. The molecule has 5 rings (SSSR count). The molecule has 0 unspecified atom stereocenters. The van der Waals surface area contributed by atoms with E-state index in [1.165, 1.54) is 0 Å². The first kappa shape index (κ1) is 28.8. The minimum absolute atomic E-state index is 0.0252. The van der Waals surface area contributed by atoms with Gasteiger partial charge in [-0.05, 0) is 69.9 Å². The number of methoxy groups -OCH3 is 1. The van der Waals surface area contributed by atoms with Gasteiger partial charge in [0, 0.05) is 54.6 Å². The van der Waals surface area contributed by atoms with Crippen molar-refractivity contribution in [3.8, 4) is 11.5 Å². The molecule has 1 saturated heterocycles. The van der Waals surface area contributed by atoms with E-state index in [2.05, 4.69) is 11.9 Å². The van der Waals surface area contributed by atoms with Crippen LogP contribution in [0.15, 0.2) is 42.7 Å². The molecule has 220 valence electrons. The molecule has 2 aromatic heterocycles. The number of pyridine rings is 1. The normalized spacial score (nSPS) is 16.4. The average molecular weight is 563 g/mol. The van der Waals surface area contributed by atoms with Gasteiger partial charge in [0.25, 0.3) is 0 Å². The standard InChI is InChI=1S/C32H42N4O5/c1-6-7-8-17-40-27-18-24(9-10-26(27)39-5)36-22-32(13-14-32)21-35(30(36)38)19-23-11-15-33-29-25(23)12-16-34(29)20-28(37)41-31(2,3)4/h9-12,15-16,18H,6-8,13-14,17,19-22H2,1-5H3. The number of hydrogen-bond acceptors (Lipinski definition) is 6. The van der Waals surface area contributed by atoms with E-state index in [0.29, 0.717) is 36.8 Å². The van der Waals surface area contributed by atoms with Gasteiger partial charge in [-0.3, -0.25) is 9.69 Å². The molecule has 3 heterocycles. The fraction of sp³-hybridized carbons (Fsp3) is 0.531. The third-order valence-corrected chi connectivity index (χ3v) is 7.78. The molecule has 0 bridgehead atoms. The predicted molar refractivity (Wildman–Crippen MR) is 158 cm³/mol. The molecule has 0 atom stereocenters. The van der Waals surface area contributed by atoms with Crippen LogP contribution < -0.4 is 14.4 Å². The predicted octanol–water partition coefficient (Wildman–Crippen LogP) is 6.18. The molecule has 1 aliphatic carbocycles. The molecule has 1 aliphatic heterocycles. The molecule has 1 aromatic carbocycles. The zero-order chi connectivity index (χ0) is 29.2. The van der Waals surface area contributed by atoms with Crippen molar-refractivity contribution in [2.45, 2.75) is 78.5 Å². The second-order valence-electron chi connectivity index (χ2n) is 12.4. The molecule has 0 radical (unpaired) electrons. The van der Waals surface area contributed by atoms with E-state index in [1.807, 2.05) is 67.1 Å². The smallest absolute Gasteiger partial charge is 0.326 e. The van der Waals surface area contributed by atoms with Gasteiger partial charge in [0.15, 0.2) is 11.5 Å². The summed E-state index contributed by atoms with van der Waals surface area (Å²) >= 11 is 0. The maximum absolute atomic E-state index is 13.9. The van der Waals surface area contributed by atoms with E-state index in [0.717, 1.165) is 55.3 Å². The van der Waals surface area contributed by atoms with Gasteiger partial charge in [0.1, 0.15) is 17.8 Å². The minimum atomic E-state index is -0.552. The van der Waals surface area contributed by atoms with Crippen molar-refractivity contribution in [3.63, 3.8) is 0 Å². The van der Waals surface area contributed by atoms with Crippen molar-refractivity contribution in [3.05, 3.63) is 48.3 Å². The van der Waals surface area contributed by atoms with Crippen LogP contribution >= 0.6 is 0 Å². The summed E-state index contributed by atoms with van der Waals surface area (Å²) in [6, 6.07) is 9.66. The number of urea groups is 1. The van der Waals surface area contributed by atoms with Gasteiger partial charge in [0.2, 0.25) is 0 Å². The van der Waals surface area contributed by atoms with Gasteiger partial charge in [-0.2, -0.15) is 0 Å². The summed E-state index contributed by atoms with van der Waals surface area (Å²) in [6.45, 7) is 10.3. The number of amides is 2.